The van der Waals surface area contributed by atoms with Gasteiger partial charge in [-0.1, -0.05) is 0 Å². The van der Waals surface area contributed by atoms with Crippen LogP contribution in [-0.4, -0.2) is 46.9 Å². The molecule has 0 bridgehead atoms. The van der Waals surface area contributed by atoms with Gasteiger partial charge >= 0.3 is 0 Å². The van der Waals surface area contributed by atoms with Gasteiger partial charge in [-0.3, -0.25) is 4.79 Å². The summed E-state index contributed by atoms with van der Waals surface area (Å²) in [6.07, 6.45) is -1.78. The van der Waals surface area contributed by atoms with E-state index in [9.17, 15) is 13.6 Å². The lowest BCUT2D eigenvalue weighted by Crippen LogP contribution is -2.39. The molecule has 0 saturated carbocycles. The Morgan fingerprint density at radius 2 is 1.85 bits per heavy atom. The van der Waals surface area contributed by atoms with Crippen LogP contribution in [0.2, 0.25) is 0 Å². The molecule has 0 radical (unpaired) electrons. The first-order valence-corrected chi connectivity index (χ1v) is 10.5. The molecular formula is C23H24F2N4O4. The van der Waals surface area contributed by atoms with E-state index in [1.165, 1.54) is 12.1 Å². The summed E-state index contributed by atoms with van der Waals surface area (Å²) >= 11 is 0. The Labute approximate surface area is 194 Å². The van der Waals surface area contributed by atoms with Crippen molar-refractivity contribution in [2.24, 2.45) is 0 Å². The van der Waals surface area contributed by atoms with Crippen molar-refractivity contribution in [3.8, 4) is 17.2 Å². The fourth-order valence-corrected chi connectivity index (χ4v) is 4.01. The third kappa shape index (κ3) is 4.05. The number of aromatic nitrogens is 3. The average molecular weight is 462 g/mol. The smallest absolute Gasteiger partial charge is 0.280 e. The molecule has 33 heavy (non-hydrogen) atoms. The van der Waals surface area contributed by atoms with Crippen LogP contribution in [0.4, 0.5) is 14.6 Å². The molecule has 3 aromatic rings. The Morgan fingerprint density at radius 3 is 2.58 bits per heavy atom. The van der Waals surface area contributed by atoms with Crippen LogP contribution in [0, 0.1) is 13.8 Å². The summed E-state index contributed by atoms with van der Waals surface area (Å²) in [6.45, 7) is -0.622. The van der Waals surface area contributed by atoms with Gasteiger partial charge in [0, 0.05) is 49.2 Å². The van der Waals surface area contributed by atoms with Crippen molar-refractivity contribution in [2.45, 2.75) is 39.2 Å². The molecule has 0 atom stereocenters. The van der Waals surface area contributed by atoms with Crippen LogP contribution in [0.3, 0.4) is 0 Å². The number of fused-ring (bicyclic) bond motifs is 2. The summed E-state index contributed by atoms with van der Waals surface area (Å²) in [4.78, 5) is 18.4. The van der Waals surface area contributed by atoms with E-state index in [1.807, 2.05) is 11.8 Å². The molecule has 2 aliphatic rings. The first-order valence-electron chi connectivity index (χ1n) is 12.5. The van der Waals surface area contributed by atoms with Gasteiger partial charge in [-0.15, -0.1) is 5.10 Å². The second-order valence-electron chi connectivity index (χ2n) is 7.95. The topological polar surface area (TPSA) is 78.2 Å². The van der Waals surface area contributed by atoms with Crippen LogP contribution in [0.25, 0.3) is 5.65 Å². The van der Waals surface area contributed by atoms with E-state index in [0.29, 0.717) is 43.1 Å². The number of nitrogens with zero attached hydrogens (tertiary/aromatic N) is 4. The molecule has 0 spiro atoms. The summed E-state index contributed by atoms with van der Waals surface area (Å²) in [5, 5.41) is 4.43. The van der Waals surface area contributed by atoms with Crippen molar-refractivity contribution in [1.29, 1.82) is 0 Å². The second-order valence-corrected chi connectivity index (χ2v) is 7.95. The number of piperidine rings is 1. The van der Waals surface area contributed by atoms with Gasteiger partial charge in [0.1, 0.15) is 30.7 Å². The van der Waals surface area contributed by atoms with E-state index in [2.05, 4.69) is 10.1 Å². The zero-order valence-corrected chi connectivity index (χ0v) is 18.0. The minimum atomic E-state index is -2.85. The van der Waals surface area contributed by atoms with Gasteiger partial charge in [0.2, 0.25) is 0 Å². The predicted molar refractivity (Wildman–Crippen MR) is 117 cm³/mol. The Bertz CT molecular complexity index is 1430. The molecule has 0 N–H and O–H groups in total. The highest BCUT2D eigenvalue weighted by Crippen LogP contribution is 2.35. The molecule has 2 aromatic heterocycles. The first-order chi connectivity index (χ1) is 17.4. The standard InChI is InChI=1S/C23H24F2N4O4/c1-13-14(2)23(27-29-20(30)12-17(21(24)25)26-22(13)29)28-7-5-15(6-8-28)33-16-3-4-18-19(11-16)32-10-9-31-18/h3-4,11-12,15,21H,5-10H2,1-2H3/i9D2,10D2. The molecule has 8 nitrogen and oxygen atoms in total. The highest BCUT2D eigenvalue weighted by atomic mass is 19.3. The fourth-order valence-electron chi connectivity index (χ4n) is 4.01. The van der Waals surface area contributed by atoms with E-state index < -0.39 is 30.8 Å². The van der Waals surface area contributed by atoms with Gasteiger partial charge < -0.3 is 19.1 Å². The van der Waals surface area contributed by atoms with Gasteiger partial charge in [0.15, 0.2) is 23.0 Å². The molecule has 1 aromatic carbocycles. The number of aryl methyl sites for hydroxylation is 1. The van der Waals surface area contributed by atoms with Gasteiger partial charge in [-0.25, -0.2) is 13.8 Å². The van der Waals surface area contributed by atoms with Gasteiger partial charge in [0.25, 0.3) is 12.0 Å². The summed E-state index contributed by atoms with van der Waals surface area (Å²) < 4.78 is 74.5. The molecule has 2 aliphatic heterocycles. The molecule has 5 rings (SSSR count). The van der Waals surface area contributed by atoms with E-state index in [1.54, 1.807) is 13.0 Å². The number of benzene rings is 1. The molecule has 174 valence electrons. The Hall–Kier alpha value is -3.43. The summed E-state index contributed by atoms with van der Waals surface area (Å²) in [6, 6.07) is 5.36. The maximum atomic E-state index is 13.1. The zero-order chi connectivity index (χ0) is 26.7. The van der Waals surface area contributed by atoms with Crippen LogP contribution < -0.4 is 24.7 Å². The Balaban J connectivity index is 1.31. The van der Waals surface area contributed by atoms with E-state index in [-0.39, 0.29) is 23.3 Å². The summed E-state index contributed by atoms with van der Waals surface area (Å²) in [5.41, 5.74) is 0.216. The number of anilines is 1. The number of ether oxygens (including phenoxy) is 3. The largest absolute Gasteiger partial charge is 0.490 e. The number of hydrogen-bond donors (Lipinski definition) is 0. The highest BCUT2D eigenvalue weighted by molar-refractivity contribution is 5.59. The highest BCUT2D eigenvalue weighted by Gasteiger charge is 2.25. The van der Waals surface area contributed by atoms with Crippen LogP contribution >= 0.6 is 0 Å². The van der Waals surface area contributed by atoms with Crippen molar-refractivity contribution in [3.05, 3.63) is 51.4 Å². The summed E-state index contributed by atoms with van der Waals surface area (Å²) in [7, 11) is 0. The lowest BCUT2D eigenvalue weighted by molar-refractivity contribution is 0.146. The van der Waals surface area contributed by atoms with Crippen LogP contribution in [-0.2, 0) is 0 Å². The predicted octanol–water partition coefficient (Wildman–Crippen LogP) is 3.46. The van der Waals surface area contributed by atoms with E-state index in [0.717, 1.165) is 16.1 Å². The minimum Gasteiger partial charge on any atom is -0.490 e. The third-order valence-corrected chi connectivity index (χ3v) is 5.89. The average Bonchev–Trinajstić information content (AvgIpc) is 2.82. The van der Waals surface area contributed by atoms with Crippen molar-refractivity contribution in [1.82, 2.24) is 14.6 Å². The van der Waals surface area contributed by atoms with Gasteiger partial charge in [0.05, 0.1) is 5.48 Å². The fraction of sp³-hybridized carbons (Fsp3) is 0.435. The van der Waals surface area contributed by atoms with Crippen molar-refractivity contribution < 1.29 is 28.5 Å². The van der Waals surface area contributed by atoms with E-state index in [4.69, 9.17) is 19.7 Å². The monoisotopic (exact) mass is 462 g/mol. The third-order valence-electron chi connectivity index (χ3n) is 5.89. The second kappa shape index (κ2) is 8.49. The van der Waals surface area contributed by atoms with Gasteiger partial charge in [-0.05, 0) is 26.0 Å². The normalized spacial score (nSPS) is 21.3. The molecule has 0 amide bonds. The Morgan fingerprint density at radius 1 is 1.12 bits per heavy atom. The van der Waals surface area contributed by atoms with Gasteiger partial charge in [-0.2, -0.15) is 4.52 Å². The van der Waals surface area contributed by atoms with Crippen molar-refractivity contribution in [2.75, 3.05) is 31.1 Å². The number of hydrogen-bond acceptors (Lipinski definition) is 7. The van der Waals surface area contributed by atoms with Crippen LogP contribution in [0.15, 0.2) is 29.1 Å². The van der Waals surface area contributed by atoms with Crippen molar-refractivity contribution >= 4 is 11.5 Å². The molecule has 10 heteroatoms. The molecule has 4 heterocycles. The number of rotatable bonds is 4. The number of halogens is 2. The maximum Gasteiger partial charge on any atom is 0.280 e. The van der Waals surface area contributed by atoms with Crippen LogP contribution in [0.1, 0.15) is 41.6 Å². The first kappa shape index (κ1) is 17.1. The molecule has 1 fully saturated rings. The van der Waals surface area contributed by atoms with E-state index >= 15 is 0 Å². The molecule has 1 saturated heterocycles. The quantitative estimate of drug-likeness (QED) is 0.588. The Kier molecular flexibility index (Phi) is 4.40. The molecule has 0 aliphatic carbocycles. The SMILES string of the molecule is [2H]C1([2H])Oc2ccc(OC3CCN(c4nn5c(=O)cc(C(F)F)nc5c(C)c4C)CC3)cc2OC1([2H])[2H]. The zero-order valence-electron chi connectivity index (χ0n) is 22.0. The van der Waals surface area contributed by atoms with Crippen molar-refractivity contribution in [3.63, 3.8) is 0 Å². The molecule has 0 unspecified atom stereocenters. The lowest BCUT2D eigenvalue weighted by Gasteiger charge is -2.34. The maximum absolute atomic E-state index is 13.1. The molecular weight excluding hydrogens is 434 g/mol. The number of alkyl halides is 2. The minimum absolute atomic E-state index is 0.0515. The summed E-state index contributed by atoms with van der Waals surface area (Å²) in [5.74, 6) is 1.15. The van der Waals surface area contributed by atoms with Crippen LogP contribution in [0.5, 0.6) is 17.2 Å². The lowest BCUT2D eigenvalue weighted by atomic mass is 10.1.